The Balaban J connectivity index is 1.70. The molecule has 1 atom stereocenters. The normalized spacial score (nSPS) is 16.2. The van der Waals surface area contributed by atoms with Gasteiger partial charge in [-0.05, 0) is 24.6 Å². The van der Waals surface area contributed by atoms with Crippen molar-refractivity contribution >= 4 is 5.91 Å². The number of methoxy groups -OCH3 is 1. The second-order valence-electron chi connectivity index (χ2n) is 6.26. The van der Waals surface area contributed by atoms with Crippen LogP contribution in [-0.4, -0.2) is 37.4 Å². The highest BCUT2D eigenvalue weighted by Crippen LogP contribution is 2.31. The third kappa shape index (κ3) is 2.92. The molecule has 0 radical (unpaired) electrons. The van der Waals surface area contributed by atoms with Crippen molar-refractivity contribution in [3.63, 3.8) is 0 Å². The van der Waals surface area contributed by atoms with Crippen molar-refractivity contribution in [3.8, 4) is 5.75 Å². The predicted octanol–water partition coefficient (Wildman–Crippen LogP) is 2.39. The number of carbonyl (C=O) groups excluding carboxylic acids is 1. The third-order valence-electron chi connectivity index (χ3n) is 4.62. The molecule has 1 aliphatic rings. The minimum Gasteiger partial charge on any atom is -0.497 e. The minimum atomic E-state index is -0.146. The molecule has 132 valence electrons. The zero-order chi connectivity index (χ0) is 18.1. The van der Waals surface area contributed by atoms with E-state index in [0.29, 0.717) is 18.8 Å². The Morgan fingerprint density at radius 3 is 2.65 bits per heavy atom. The molecule has 0 saturated carbocycles. The van der Waals surface area contributed by atoms with Gasteiger partial charge in [0, 0.05) is 25.1 Å². The van der Waals surface area contributed by atoms with Gasteiger partial charge in [0.15, 0.2) is 0 Å². The van der Waals surface area contributed by atoms with Crippen LogP contribution in [-0.2, 0) is 13.1 Å². The fraction of sp³-hybridized carbons (Fsp3) is 0.263. The molecule has 0 fully saturated rings. The van der Waals surface area contributed by atoms with E-state index in [1.807, 2.05) is 42.3 Å². The van der Waals surface area contributed by atoms with E-state index in [0.717, 1.165) is 22.8 Å². The van der Waals surface area contributed by atoms with Crippen LogP contribution in [0.4, 0.5) is 0 Å². The van der Waals surface area contributed by atoms with E-state index >= 15 is 0 Å². The number of rotatable bonds is 3. The molecule has 7 nitrogen and oxygen atoms in total. The SMILES string of the molecule is COc1ccc(C2Cn3ccnc3CN2C(=O)c2cnc(C)cn2)cc1. The molecule has 3 heterocycles. The topological polar surface area (TPSA) is 73.1 Å². The molecule has 0 spiro atoms. The van der Waals surface area contributed by atoms with Crippen molar-refractivity contribution in [2.75, 3.05) is 7.11 Å². The highest BCUT2D eigenvalue weighted by molar-refractivity contribution is 5.92. The maximum atomic E-state index is 13.1. The molecule has 26 heavy (non-hydrogen) atoms. The fourth-order valence-electron chi connectivity index (χ4n) is 3.18. The predicted molar refractivity (Wildman–Crippen MR) is 94.6 cm³/mol. The van der Waals surface area contributed by atoms with Gasteiger partial charge in [-0.3, -0.25) is 9.78 Å². The first-order valence-electron chi connectivity index (χ1n) is 8.39. The van der Waals surface area contributed by atoms with Crippen LogP contribution in [0.15, 0.2) is 49.1 Å². The van der Waals surface area contributed by atoms with Crippen LogP contribution in [0.5, 0.6) is 5.75 Å². The molecule has 0 aliphatic carbocycles. The zero-order valence-corrected chi connectivity index (χ0v) is 14.7. The molecule has 4 rings (SSSR count). The number of amides is 1. The quantitative estimate of drug-likeness (QED) is 0.726. The standard InChI is InChI=1S/C19H19N5O2/c1-13-9-22-16(10-21-13)19(25)24-12-18-20-7-8-23(18)11-17(24)14-3-5-15(26-2)6-4-14/h3-10,17H,11-12H2,1-2H3. The maximum absolute atomic E-state index is 13.1. The molecular formula is C19H19N5O2. The lowest BCUT2D eigenvalue weighted by Gasteiger charge is -2.36. The Bertz CT molecular complexity index is 918. The first kappa shape index (κ1) is 16.3. The van der Waals surface area contributed by atoms with Crippen LogP contribution >= 0.6 is 0 Å². The Morgan fingerprint density at radius 1 is 1.15 bits per heavy atom. The Hall–Kier alpha value is -3.22. The molecule has 7 heteroatoms. The number of ether oxygens (including phenoxy) is 1. The van der Waals surface area contributed by atoms with E-state index in [1.165, 1.54) is 6.20 Å². The van der Waals surface area contributed by atoms with Crippen LogP contribution in [0.2, 0.25) is 0 Å². The van der Waals surface area contributed by atoms with E-state index in [9.17, 15) is 4.79 Å². The summed E-state index contributed by atoms with van der Waals surface area (Å²) in [7, 11) is 1.64. The summed E-state index contributed by atoms with van der Waals surface area (Å²) in [6.45, 7) is 2.92. The summed E-state index contributed by atoms with van der Waals surface area (Å²) in [4.78, 5) is 27.7. The number of nitrogens with zero attached hydrogens (tertiary/aromatic N) is 5. The second-order valence-corrected chi connectivity index (χ2v) is 6.26. The molecule has 3 aromatic rings. The monoisotopic (exact) mass is 349 g/mol. The number of fused-ring (bicyclic) bond motifs is 1. The molecule has 0 saturated heterocycles. The summed E-state index contributed by atoms with van der Waals surface area (Å²) in [5, 5.41) is 0. The minimum absolute atomic E-state index is 0.113. The van der Waals surface area contributed by atoms with Gasteiger partial charge in [0.05, 0.1) is 31.6 Å². The highest BCUT2D eigenvalue weighted by atomic mass is 16.5. The summed E-state index contributed by atoms with van der Waals surface area (Å²) in [5.74, 6) is 1.51. The number of aryl methyl sites for hydroxylation is 1. The molecular weight excluding hydrogens is 330 g/mol. The zero-order valence-electron chi connectivity index (χ0n) is 14.7. The first-order valence-corrected chi connectivity index (χ1v) is 8.39. The second kappa shape index (κ2) is 6.59. The lowest BCUT2D eigenvalue weighted by molar-refractivity contribution is 0.0577. The van der Waals surface area contributed by atoms with Crippen LogP contribution in [0.3, 0.4) is 0 Å². The number of carbonyl (C=O) groups is 1. The molecule has 2 aromatic heterocycles. The Labute approximate surface area is 151 Å². The van der Waals surface area contributed by atoms with Gasteiger partial charge in [0.2, 0.25) is 0 Å². The third-order valence-corrected chi connectivity index (χ3v) is 4.62. The van der Waals surface area contributed by atoms with Crippen LogP contribution in [0, 0.1) is 6.92 Å². The van der Waals surface area contributed by atoms with Gasteiger partial charge < -0.3 is 14.2 Å². The maximum Gasteiger partial charge on any atom is 0.275 e. The summed E-state index contributed by atoms with van der Waals surface area (Å²) < 4.78 is 7.32. The van der Waals surface area contributed by atoms with E-state index in [1.54, 1.807) is 19.5 Å². The van der Waals surface area contributed by atoms with Gasteiger partial charge in [-0.15, -0.1) is 0 Å². The summed E-state index contributed by atoms with van der Waals surface area (Å²) in [6, 6.07) is 7.69. The van der Waals surface area contributed by atoms with E-state index in [2.05, 4.69) is 19.5 Å². The average molecular weight is 349 g/mol. The van der Waals surface area contributed by atoms with Gasteiger partial charge in [-0.2, -0.15) is 0 Å². The van der Waals surface area contributed by atoms with Crippen LogP contribution in [0.1, 0.15) is 33.6 Å². The summed E-state index contributed by atoms with van der Waals surface area (Å²) >= 11 is 0. The van der Waals surface area contributed by atoms with Crippen molar-refractivity contribution in [2.45, 2.75) is 26.1 Å². The van der Waals surface area contributed by atoms with Crippen LogP contribution < -0.4 is 4.74 Å². The summed E-state index contributed by atoms with van der Waals surface area (Å²) in [5.41, 5.74) is 2.16. The lowest BCUT2D eigenvalue weighted by atomic mass is 10.0. The van der Waals surface area contributed by atoms with E-state index in [4.69, 9.17) is 4.74 Å². The first-order chi connectivity index (χ1) is 12.7. The van der Waals surface area contributed by atoms with Crippen molar-refractivity contribution in [3.05, 3.63) is 71.8 Å². The number of hydrogen-bond acceptors (Lipinski definition) is 5. The number of aromatic nitrogens is 4. The van der Waals surface area contributed by atoms with Crippen molar-refractivity contribution in [1.82, 2.24) is 24.4 Å². The largest absolute Gasteiger partial charge is 0.497 e. The van der Waals surface area contributed by atoms with Crippen molar-refractivity contribution in [2.24, 2.45) is 0 Å². The highest BCUT2D eigenvalue weighted by Gasteiger charge is 2.32. The molecule has 1 aromatic carbocycles. The van der Waals surface area contributed by atoms with Gasteiger partial charge in [-0.1, -0.05) is 12.1 Å². The fourth-order valence-corrected chi connectivity index (χ4v) is 3.18. The lowest BCUT2D eigenvalue weighted by Crippen LogP contribution is -2.41. The van der Waals surface area contributed by atoms with E-state index in [-0.39, 0.29) is 11.9 Å². The van der Waals surface area contributed by atoms with Crippen molar-refractivity contribution < 1.29 is 9.53 Å². The molecule has 0 N–H and O–H groups in total. The van der Waals surface area contributed by atoms with Gasteiger partial charge in [0.1, 0.15) is 17.3 Å². The number of hydrogen-bond donors (Lipinski definition) is 0. The smallest absolute Gasteiger partial charge is 0.275 e. The summed E-state index contributed by atoms with van der Waals surface area (Å²) in [6.07, 6.45) is 6.85. The average Bonchev–Trinajstić information content (AvgIpc) is 3.14. The number of imidazole rings is 1. The molecule has 0 bridgehead atoms. The molecule has 1 unspecified atom stereocenters. The van der Waals surface area contributed by atoms with Crippen LogP contribution in [0.25, 0.3) is 0 Å². The molecule has 1 aliphatic heterocycles. The Morgan fingerprint density at radius 2 is 1.96 bits per heavy atom. The van der Waals surface area contributed by atoms with Gasteiger partial charge in [-0.25, -0.2) is 9.97 Å². The van der Waals surface area contributed by atoms with E-state index < -0.39 is 0 Å². The molecule has 1 amide bonds. The van der Waals surface area contributed by atoms with Crippen molar-refractivity contribution in [1.29, 1.82) is 0 Å². The Kier molecular flexibility index (Phi) is 4.12. The van der Waals surface area contributed by atoms with Gasteiger partial charge >= 0.3 is 0 Å². The number of benzene rings is 1. The van der Waals surface area contributed by atoms with Gasteiger partial charge in [0.25, 0.3) is 5.91 Å².